The summed E-state index contributed by atoms with van der Waals surface area (Å²) in [5, 5.41) is 3.50. The molecule has 76 valence electrons. The number of rotatable bonds is 1. The Bertz CT molecular complexity index is 320. The van der Waals surface area contributed by atoms with Crippen LogP contribution in [0.3, 0.4) is 0 Å². The minimum Gasteiger partial charge on any atom is -0.385 e. The van der Waals surface area contributed by atoms with E-state index in [0.717, 1.165) is 19.4 Å². The highest BCUT2D eigenvalue weighted by molar-refractivity contribution is 5.59. The van der Waals surface area contributed by atoms with Gasteiger partial charge < -0.3 is 11.1 Å². The van der Waals surface area contributed by atoms with Gasteiger partial charge >= 0.3 is 0 Å². The van der Waals surface area contributed by atoms with Gasteiger partial charge in [0.2, 0.25) is 0 Å². The maximum Gasteiger partial charge on any atom is 0.0421 e. The zero-order valence-electron chi connectivity index (χ0n) is 8.72. The molecule has 0 saturated heterocycles. The van der Waals surface area contributed by atoms with Crippen molar-refractivity contribution in [3.63, 3.8) is 0 Å². The first-order chi connectivity index (χ1) is 6.83. The second-order valence-corrected chi connectivity index (χ2v) is 3.91. The van der Waals surface area contributed by atoms with E-state index in [-0.39, 0.29) is 6.04 Å². The average molecular weight is 190 g/mol. The summed E-state index contributed by atoms with van der Waals surface area (Å²) in [6.07, 6.45) is 3.33. The summed E-state index contributed by atoms with van der Waals surface area (Å²) >= 11 is 0. The number of anilines is 1. The molecule has 0 saturated carbocycles. The van der Waals surface area contributed by atoms with E-state index < -0.39 is 0 Å². The van der Waals surface area contributed by atoms with Crippen LogP contribution in [0.1, 0.15) is 36.9 Å². The lowest BCUT2D eigenvalue weighted by atomic mass is 9.99. The van der Waals surface area contributed by atoms with Gasteiger partial charge in [0.25, 0.3) is 0 Å². The Balaban J connectivity index is 2.46. The lowest BCUT2D eigenvalue weighted by Crippen LogP contribution is -2.10. The van der Waals surface area contributed by atoms with Crippen LogP contribution in [0.2, 0.25) is 0 Å². The minimum atomic E-state index is 0.214. The molecule has 0 aliphatic carbocycles. The van der Waals surface area contributed by atoms with Crippen LogP contribution in [0, 0.1) is 0 Å². The van der Waals surface area contributed by atoms with Crippen LogP contribution < -0.4 is 11.1 Å². The van der Waals surface area contributed by atoms with Gasteiger partial charge in [0, 0.05) is 18.3 Å². The van der Waals surface area contributed by atoms with Gasteiger partial charge in [0.05, 0.1) is 0 Å². The molecule has 1 aliphatic rings. The molecule has 1 aromatic carbocycles. The third-order valence-electron chi connectivity index (χ3n) is 2.96. The first-order valence-corrected chi connectivity index (χ1v) is 5.44. The number of benzene rings is 1. The van der Waals surface area contributed by atoms with Gasteiger partial charge in [-0.25, -0.2) is 0 Å². The quantitative estimate of drug-likeness (QED) is 0.714. The number of fused-ring (bicyclic) bond motifs is 1. The van der Waals surface area contributed by atoms with Crippen molar-refractivity contribution in [2.45, 2.75) is 32.2 Å². The molecule has 0 spiro atoms. The van der Waals surface area contributed by atoms with Crippen molar-refractivity contribution < 1.29 is 0 Å². The van der Waals surface area contributed by atoms with E-state index in [4.69, 9.17) is 5.73 Å². The van der Waals surface area contributed by atoms with Gasteiger partial charge in [-0.3, -0.25) is 0 Å². The summed E-state index contributed by atoms with van der Waals surface area (Å²) in [7, 11) is 0. The fraction of sp³-hybridized carbons (Fsp3) is 0.500. The minimum absolute atomic E-state index is 0.214. The van der Waals surface area contributed by atoms with Crippen LogP contribution in [0.15, 0.2) is 18.2 Å². The molecule has 1 atom stereocenters. The number of nitrogens with one attached hydrogen (secondary N) is 1. The summed E-state index contributed by atoms with van der Waals surface area (Å²) in [6.45, 7) is 3.24. The van der Waals surface area contributed by atoms with Crippen LogP contribution >= 0.6 is 0 Å². The van der Waals surface area contributed by atoms with Crippen LogP contribution in [0.4, 0.5) is 5.69 Å². The topological polar surface area (TPSA) is 38.0 Å². The molecule has 2 rings (SSSR count). The maximum absolute atomic E-state index is 6.13. The zero-order chi connectivity index (χ0) is 9.97. The molecule has 1 unspecified atom stereocenters. The van der Waals surface area contributed by atoms with Gasteiger partial charge in [-0.2, -0.15) is 0 Å². The molecule has 1 heterocycles. The number of aryl methyl sites for hydroxylation is 1. The van der Waals surface area contributed by atoms with Crippen molar-refractivity contribution in [1.29, 1.82) is 0 Å². The van der Waals surface area contributed by atoms with Crippen molar-refractivity contribution in [3.8, 4) is 0 Å². The van der Waals surface area contributed by atoms with E-state index in [2.05, 4.69) is 30.4 Å². The third-order valence-corrected chi connectivity index (χ3v) is 2.96. The average Bonchev–Trinajstić information content (AvgIpc) is 2.41. The van der Waals surface area contributed by atoms with Gasteiger partial charge in [-0.15, -0.1) is 0 Å². The second-order valence-electron chi connectivity index (χ2n) is 3.91. The molecule has 2 nitrogen and oxygen atoms in total. The molecule has 1 aliphatic heterocycles. The summed E-state index contributed by atoms with van der Waals surface area (Å²) in [6, 6.07) is 6.66. The Kier molecular flexibility index (Phi) is 2.73. The highest BCUT2D eigenvalue weighted by atomic mass is 14.9. The molecule has 0 radical (unpaired) electrons. The zero-order valence-corrected chi connectivity index (χ0v) is 8.72. The first kappa shape index (κ1) is 9.53. The molecule has 0 bridgehead atoms. The smallest absolute Gasteiger partial charge is 0.0421 e. The van der Waals surface area contributed by atoms with E-state index in [1.165, 1.54) is 23.2 Å². The van der Waals surface area contributed by atoms with Gasteiger partial charge in [0.1, 0.15) is 0 Å². The van der Waals surface area contributed by atoms with Crippen LogP contribution in [-0.4, -0.2) is 6.54 Å². The first-order valence-electron chi connectivity index (χ1n) is 5.44. The maximum atomic E-state index is 6.13. The molecule has 14 heavy (non-hydrogen) atoms. The number of hydrogen-bond acceptors (Lipinski definition) is 2. The van der Waals surface area contributed by atoms with Crippen LogP contribution in [0.5, 0.6) is 0 Å². The lowest BCUT2D eigenvalue weighted by Gasteiger charge is -2.15. The van der Waals surface area contributed by atoms with E-state index >= 15 is 0 Å². The third kappa shape index (κ3) is 1.62. The standard InChI is InChI=1S/C12H18N2/c1-2-9-5-3-6-10-11(13)7-4-8-14-12(9)10/h3,5-6,11,14H,2,4,7-8,13H2,1H3. The van der Waals surface area contributed by atoms with Crippen LogP contribution in [0.25, 0.3) is 0 Å². The Labute approximate surface area is 85.5 Å². The fourth-order valence-electron chi connectivity index (χ4n) is 2.13. The lowest BCUT2D eigenvalue weighted by molar-refractivity contribution is 0.642. The van der Waals surface area contributed by atoms with Crippen molar-refractivity contribution in [1.82, 2.24) is 0 Å². The Morgan fingerprint density at radius 2 is 2.36 bits per heavy atom. The van der Waals surface area contributed by atoms with Crippen LogP contribution in [-0.2, 0) is 6.42 Å². The monoisotopic (exact) mass is 190 g/mol. The number of nitrogens with two attached hydrogens (primary N) is 1. The molecule has 0 amide bonds. The van der Waals surface area contributed by atoms with Gasteiger partial charge in [-0.05, 0) is 30.4 Å². The van der Waals surface area contributed by atoms with Crippen molar-refractivity contribution >= 4 is 5.69 Å². The molecular formula is C12H18N2. The normalized spacial score (nSPS) is 20.9. The molecule has 0 aromatic heterocycles. The Hall–Kier alpha value is -1.02. The SMILES string of the molecule is CCc1cccc2c1NCCCC2N. The van der Waals surface area contributed by atoms with Crippen molar-refractivity contribution in [2.75, 3.05) is 11.9 Å². The fourth-order valence-corrected chi connectivity index (χ4v) is 2.13. The van der Waals surface area contributed by atoms with Gasteiger partial charge in [0.15, 0.2) is 0 Å². The molecule has 2 heteroatoms. The van der Waals surface area contributed by atoms with E-state index in [1.54, 1.807) is 0 Å². The summed E-state index contributed by atoms with van der Waals surface area (Å²) < 4.78 is 0. The predicted octanol–water partition coefficient (Wildman–Crippen LogP) is 2.45. The summed E-state index contributed by atoms with van der Waals surface area (Å²) in [5.41, 5.74) is 10.1. The Morgan fingerprint density at radius 3 is 3.14 bits per heavy atom. The largest absolute Gasteiger partial charge is 0.385 e. The molecule has 0 fully saturated rings. The summed E-state index contributed by atoms with van der Waals surface area (Å²) in [5.74, 6) is 0. The Morgan fingerprint density at radius 1 is 1.50 bits per heavy atom. The number of hydrogen-bond donors (Lipinski definition) is 2. The predicted molar refractivity (Wildman–Crippen MR) is 60.5 cm³/mol. The van der Waals surface area contributed by atoms with Crippen molar-refractivity contribution in [2.24, 2.45) is 5.73 Å². The molecule has 1 aromatic rings. The highest BCUT2D eigenvalue weighted by Gasteiger charge is 2.16. The van der Waals surface area contributed by atoms with Gasteiger partial charge in [-0.1, -0.05) is 25.1 Å². The number of para-hydroxylation sites is 1. The second kappa shape index (κ2) is 4.01. The molecular weight excluding hydrogens is 172 g/mol. The van der Waals surface area contributed by atoms with E-state index in [9.17, 15) is 0 Å². The van der Waals surface area contributed by atoms with E-state index in [1.807, 2.05) is 0 Å². The highest BCUT2D eigenvalue weighted by Crippen LogP contribution is 2.30. The summed E-state index contributed by atoms with van der Waals surface area (Å²) in [4.78, 5) is 0. The molecule has 3 N–H and O–H groups in total. The van der Waals surface area contributed by atoms with E-state index in [0.29, 0.717) is 0 Å². The van der Waals surface area contributed by atoms with Crippen molar-refractivity contribution in [3.05, 3.63) is 29.3 Å².